The molecule has 2 atom stereocenters. The molecule has 0 N–H and O–H groups in total. The lowest BCUT2D eigenvalue weighted by atomic mass is 9.94. The maximum atomic E-state index is 11.3. The summed E-state index contributed by atoms with van der Waals surface area (Å²) in [5.41, 5.74) is 0. The van der Waals surface area contributed by atoms with Crippen molar-refractivity contribution >= 4 is 5.78 Å². The van der Waals surface area contributed by atoms with Crippen molar-refractivity contribution in [1.82, 2.24) is 0 Å². The summed E-state index contributed by atoms with van der Waals surface area (Å²) in [6.45, 7) is 4.18. The monoisotopic (exact) mass is 152 g/mol. The Morgan fingerprint density at radius 2 is 2.36 bits per heavy atom. The van der Waals surface area contributed by atoms with Gasteiger partial charge in [-0.1, -0.05) is 19.1 Å². The van der Waals surface area contributed by atoms with E-state index in [4.69, 9.17) is 0 Å². The van der Waals surface area contributed by atoms with Crippen molar-refractivity contribution in [1.29, 1.82) is 0 Å². The minimum atomic E-state index is 0.325. The molecule has 1 fully saturated rings. The Morgan fingerprint density at radius 1 is 1.64 bits per heavy atom. The third-order valence-electron chi connectivity index (χ3n) is 2.57. The average Bonchev–Trinajstić information content (AvgIpc) is 2.29. The summed E-state index contributed by atoms with van der Waals surface area (Å²) in [7, 11) is 0. The van der Waals surface area contributed by atoms with Crippen molar-refractivity contribution in [2.24, 2.45) is 11.8 Å². The molecule has 0 amide bonds. The van der Waals surface area contributed by atoms with E-state index < -0.39 is 0 Å². The van der Waals surface area contributed by atoms with Gasteiger partial charge in [-0.3, -0.25) is 4.79 Å². The maximum absolute atomic E-state index is 11.3. The molecule has 0 radical (unpaired) electrons. The van der Waals surface area contributed by atoms with Crippen LogP contribution in [-0.2, 0) is 4.79 Å². The second kappa shape index (κ2) is 3.70. The summed E-state index contributed by atoms with van der Waals surface area (Å²) in [4.78, 5) is 11.3. The summed E-state index contributed by atoms with van der Waals surface area (Å²) in [6, 6.07) is 0. The van der Waals surface area contributed by atoms with Gasteiger partial charge in [-0.05, 0) is 25.7 Å². The predicted octanol–water partition coefficient (Wildman–Crippen LogP) is 2.57. The molecule has 0 heterocycles. The number of ketones is 1. The molecular formula is C10H16O. The molecule has 0 spiro atoms. The second-order valence-corrected chi connectivity index (χ2v) is 3.39. The Kier molecular flexibility index (Phi) is 2.86. The molecule has 1 aliphatic carbocycles. The van der Waals surface area contributed by atoms with Crippen LogP contribution in [0, 0.1) is 11.8 Å². The summed E-state index contributed by atoms with van der Waals surface area (Å²) >= 11 is 0. The zero-order valence-electron chi connectivity index (χ0n) is 7.34. The van der Waals surface area contributed by atoms with Gasteiger partial charge in [-0.2, -0.15) is 0 Å². The van der Waals surface area contributed by atoms with Gasteiger partial charge >= 0.3 is 0 Å². The van der Waals surface area contributed by atoms with E-state index in [9.17, 15) is 4.79 Å². The van der Waals surface area contributed by atoms with Crippen LogP contribution in [0.2, 0.25) is 0 Å². The topological polar surface area (TPSA) is 17.1 Å². The van der Waals surface area contributed by atoms with Gasteiger partial charge in [0.05, 0.1) is 0 Å². The molecule has 0 bridgehead atoms. The highest BCUT2D eigenvalue weighted by atomic mass is 16.1. The van der Waals surface area contributed by atoms with Crippen LogP contribution in [0.3, 0.4) is 0 Å². The molecule has 2 unspecified atom stereocenters. The van der Waals surface area contributed by atoms with Crippen LogP contribution in [0.25, 0.3) is 0 Å². The predicted molar refractivity (Wildman–Crippen MR) is 46.3 cm³/mol. The molecule has 0 aromatic rings. The maximum Gasteiger partial charge on any atom is 0.136 e. The van der Waals surface area contributed by atoms with Gasteiger partial charge in [-0.15, -0.1) is 0 Å². The largest absolute Gasteiger partial charge is 0.299 e. The van der Waals surface area contributed by atoms with Gasteiger partial charge in [-0.25, -0.2) is 0 Å². The lowest BCUT2D eigenvalue weighted by Crippen LogP contribution is -2.10. The molecule has 1 aliphatic rings. The van der Waals surface area contributed by atoms with Crippen LogP contribution < -0.4 is 0 Å². The molecule has 1 saturated carbocycles. The first-order valence-electron chi connectivity index (χ1n) is 4.39. The number of carbonyl (C=O) groups excluding carboxylic acids is 1. The molecular weight excluding hydrogens is 136 g/mol. The first kappa shape index (κ1) is 8.51. The Hall–Kier alpha value is -0.590. The fraction of sp³-hybridized carbons (Fsp3) is 0.700. The molecule has 0 aliphatic heterocycles. The summed E-state index contributed by atoms with van der Waals surface area (Å²) in [5.74, 6) is 1.40. The zero-order valence-corrected chi connectivity index (χ0v) is 7.34. The van der Waals surface area contributed by atoms with E-state index in [1.54, 1.807) is 0 Å². The minimum Gasteiger partial charge on any atom is -0.299 e. The van der Waals surface area contributed by atoms with E-state index in [1.807, 2.05) is 13.0 Å². The van der Waals surface area contributed by atoms with E-state index in [-0.39, 0.29) is 0 Å². The molecule has 1 rings (SSSR count). The average molecular weight is 152 g/mol. The Balaban J connectivity index is 2.47. The van der Waals surface area contributed by atoms with Crippen molar-refractivity contribution < 1.29 is 4.79 Å². The summed E-state index contributed by atoms with van der Waals surface area (Å²) in [5, 5.41) is 0. The first-order chi connectivity index (χ1) is 5.25. The smallest absolute Gasteiger partial charge is 0.136 e. The van der Waals surface area contributed by atoms with Gasteiger partial charge in [0.15, 0.2) is 0 Å². The minimum absolute atomic E-state index is 0.325. The molecule has 0 saturated heterocycles. The zero-order chi connectivity index (χ0) is 8.27. The van der Waals surface area contributed by atoms with Crippen molar-refractivity contribution in [3.05, 3.63) is 12.2 Å². The summed E-state index contributed by atoms with van der Waals surface area (Å²) in [6.07, 6.45) is 6.99. The Morgan fingerprint density at radius 3 is 2.82 bits per heavy atom. The van der Waals surface area contributed by atoms with Gasteiger partial charge < -0.3 is 0 Å². The fourth-order valence-corrected chi connectivity index (χ4v) is 1.72. The normalized spacial score (nSPS) is 32.0. The van der Waals surface area contributed by atoms with Crippen LogP contribution in [0.1, 0.15) is 33.1 Å². The number of hydrogen-bond donors (Lipinski definition) is 0. The van der Waals surface area contributed by atoms with E-state index in [2.05, 4.69) is 13.0 Å². The Labute approximate surface area is 68.5 Å². The standard InChI is InChI=1S/C10H16O/c1-3-4-5-9-8(2)6-7-10(9)11/h3-4,8-9H,5-7H2,1-2H3/b4-3-. The van der Waals surface area contributed by atoms with Gasteiger partial charge in [0, 0.05) is 12.3 Å². The van der Waals surface area contributed by atoms with Crippen LogP contribution in [0.5, 0.6) is 0 Å². The van der Waals surface area contributed by atoms with Crippen molar-refractivity contribution in [3.8, 4) is 0 Å². The number of allylic oxidation sites excluding steroid dienone is 2. The molecule has 0 aromatic carbocycles. The molecule has 11 heavy (non-hydrogen) atoms. The highest BCUT2D eigenvalue weighted by molar-refractivity contribution is 5.83. The van der Waals surface area contributed by atoms with Gasteiger partial charge in [0.1, 0.15) is 5.78 Å². The molecule has 1 heteroatoms. The number of hydrogen-bond acceptors (Lipinski definition) is 1. The van der Waals surface area contributed by atoms with Crippen LogP contribution >= 0.6 is 0 Å². The van der Waals surface area contributed by atoms with E-state index in [0.717, 1.165) is 19.3 Å². The first-order valence-corrected chi connectivity index (χ1v) is 4.39. The number of Topliss-reactive ketones (excluding diaryl/α,β-unsaturated/α-hetero) is 1. The lowest BCUT2D eigenvalue weighted by Gasteiger charge is -2.09. The van der Waals surface area contributed by atoms with E-state index in [0.29, 0.717) is 17.6 Å². The number of rotatable bonds is 2. The highest BCUT2D eigenvalue weighted by Gasteiger charge is 2.29. The van der Waals surface area contributed by atoms with Crippen molar-refractivity contribution in [2.75, 3.05) is 0 Å². The highest BCUT2D eigenvalue weighted by Crippen LogP contribution is 2.30. The fourth-order valence-electron chi connectivity index (χ4n) is 1.72. The van der Waals surface area contributed by atoms with Crippen molar-refractivity contribution in [3.63, 3.8) is 0 Å². The van der Waals surface area contributed by atoms with Crippen LogP contribution in [0.4, 0.5) is 0 Å². The number of carbonyl (C=O) groups is 1. The Bertz CT molecular complexity index is 170. The van der Waals surface area contributed by atoms with E-state index in [1.165, 1.54) is 0 Å². The molecule has 62 valence electrons. The third kappa shape index (κ3) is 1.92. The van der Waals surface area contributed by atoms with Gasteiger partial charge in [0.25, 0.3) is 0 Å². The molecule has 0 aromatic heterocycles. The van der Waals surface area contributed by atoms with E-state index >= 15 is 0 Å². The van der Waals surface area contributed by atoms with Crippen LogP contribution in [-0.4, -0.2) is 5.78 Å². The third-order valence-corrected chi connectivity index (χ3v) is 2.57. The molecule has 1 nitrogen and oxygen atoms in total. The quantitative estimate of drug-likeness (QED) is 0.556. The SMILES string of the molecule is C/C=C\CC1C(=O)CCC1C. The lowest BCUT2D eigenvalue weighted by molar-refractivity contribution is -0.121. The second-order valence-electron chi connectivity index (χ2n) is 3.39. The summed E-state index contributed by atoms with van der Waals surface area (Å²) < 4.78 is 0. The van der Waals surface area contributed by atoms with Crippen LogP contribution in [0.15, 0.2) is 12.2 Å². The van der Waals surface area contributed by atoms with Gasteiger partial charge in [0.2, 0.25) is 0 Å². The van der Waals surface area contributed by atoms with Crippen molar-refractivity contribution in [2.45, 2.75) is 33.1 Å².